The van der Waals surface area contributed by atoms with Crippen LogP contribution in [0.5, 0.6) is 0 Å². The SMILES string of the molecule is NC(=O)c1ncn2c1NNN(CC(=O)O)C2=O. The lowest BCUT2D eigenvalue weighted by Gasteiger charge is -2.27. The van der Waals surface area contributed by atoms with Gasteiger partial charge in [0.2, 0.25) is 0 Å². The number of hydrogen-bond acceptors (Lipinski definition) is 6. The molecule has 2 rings (SSSR count). The molecule has 17 heavy (non-hydrogen) atoms. The fourth-order valence-electron chi connectivity index (χ4n) is 1.33. The molecular weight excluding hydrogens is 232 g/mol. The minimum atomic E-state index is -1.19. The summed E-state index contributed by atoms with van der Waals surface area (Å²) in [5, 5.41) is 9.37. The number of aromatic nitrogens is 2. The van der Waals surface area contributed by atoms with Crippen LogP contribution in [0.1, 0.15) is 10.5 Å². The van der Waals surface area contributed by atoms with Gasteiger partial charge in [-0.05, 0) is 0 Å². The molecule has 10 nitrogen and oxygen atoms in total. The van der Waals surface area contributed by atoms with Crippen LogP contribution in [0.4, 0.5) is 10.6 Å². The number of carboxylic acids is 1. The fraction of sp³-hybridized carbons (Fsp3) is 0.143. The maximum Gasteiger partial charge on any atom is 0.347 e. The summed E-state index contributed by atoms with van der Waals surface area (Å²) >= 11 is 0. The number of rotatable bonds is 3. The third-order valence-corrected chi connectivity index (χ3v) is 2.04. The number of carbonyl (C=O) groups excluding carboxylic acids is 2. The average Bonchev–Trinajstić information content (AvgIpc) is 2.66. The Hall–Kier alpha value is -2.62. The molecule has 0 fully saturated rings. The van der Waals surface area contributed by atoms with Crippen molar-refractivity contribution in [1.29, 1.82) is 0 Å². The first-order valence-corrected chi connectivity index (χ1v) is 4.43. The van der Waals surface area contributed by atoms with Crippen molar-refractivity contribution in [2.45, 2.75) is 0 Å². The number of amides is 2. The van der Waals surface area contributed by atoms with Crippen LogP contribution >= 0.6 is 0 Å². The highest BCUT2D eigenvalue weighted by atomic mass is 16.4. The molecule has 1 aromatic heterocycles. The molecule has 5 N–H and O–H groups in total. The number of nitrogens with two attached hydrogens (primary N) is 1. The zero-order valence-corrected chi connectivity index (χ0v) is 8.38. The lowest BCUT2D eigenvalue weighted by molar-refractivity contribution is -0.138. The molecule has 2 amide bonds. The van der Waals surface area contributed by atoms with Crippen molar-refractivity contribution in [3.05, 3.63) is 12.0 Å². The van der Waals surface area contributed by atoms with Crippen molar-refractivity contribution in [3.8, 4) is 0 Å². The molecule has 0 unspecified atom stereocenters. The monoisotopic (exact) mass is 240 g/mol. The summed E-state index contributed by atoms with van der Waals surface area (Å²) in [4.78, 5) is 36.8. The summed E-state index contributed by atoms with van der Waals surface area (Å²) < 4.78 is 0.986. The van der Waals surface area contributed by atoms with E-state index in [2.05, 4.69) is 15.9 Å². The fourth-order valence-corrected chi connectivity index (χ4v) is 1.33. The first-order chi connectivity index (χ1) is 8.00. The summed E-state index contributed by atoms with van der Waals surface area (Å²) in [5.41, 5.74) is 9.72. The van der Waals surface area contributed by atoms with Crippen molar-refractivity contribution < 1.29 is 19.5 Å². The third kappa shape index (κ3) is 1.76. The van der Waals surface area contributed by atoms with Gasteiger partial charge >= 0.3 is 12.0 Å². The second kappa shape index (κ2) is 3.75. The van der Waals surface area contributed by atoms with Crippen LogP contribution in [0.25, 0.3) is 0 Å². The first kappa shape index (κ1) is 10.9. The Labute approximate surface area is 93.9 Å². The molecule has 0 spiro atoms. The normalized spacial score (nSPS) is 14.1. The number of hydrogen-bond donors (Lipinski definition) is 4. The lowest BCUT2D eigenvalue weighted by Crippen LogP contribution is -2.54. The van der Waals surface area contributed by atoms with Gasteiger partial charge in [-0.1, -0.05) is 0 Å². The number of anilines is 1. The molecule has 10 heteroatoms. The second-order valence-electron chi connectivity index (χ2n) is 3.18. The summed E-state index contributed by atoms with van der Waals surface area (Å²) in [6, 6.07) is -0.679. The second-order valence-corrected chi connectivity index (χ2v) is 3.18. The van der Waals surface area contributed by atoms with E-state index in [-0.39, 0.29) is 11.5 Å². The predicted octanol–water partition coefficient (Wildman–Crippen LogP) is -1.82. The highest BCUT2D eigenvalue weighted by Gasteiger charge is 2.29. The molecule has 0 saturated heterocycles. The number of fused-ring (bicyclic) bond motifs is 1. The standard InChI is InChI=1S/C7H8N6O4/c8-5(16)4-6-10-11-13(1-3(14)15)7(17)12(6)2-9-4/h2,10-11H,1H2,(H2,8,16)(H,14,15). The highest BCUT2D eigenvalue weighted by molar-refractivity contribution is 5.98. The molecule has 1 aliphatic heterocycles. The molecule has 0 saturated carbocycles. The van der Waals surface area contributed by atoms with Gasteiger partial charge in [0.05, 0.1) is 0 Å². The van der Waals surface area contributed by atoms with Gasteiger partial charge < -0.3 is 10.8 Å². The number of carboxylic acid groups (broad SMARTS) is 1. The summed E-state index contributed by atoms with van der Waals surface area (Å²) in [6.07, 6.45) is 1.08. The smallest absolute Gasteiger partial charge is 0.347 e. The molecule has 0 aliphatic carbocycles. The van der Waals surface area contributed by atoms with Gasteiger partial charge in [0.1, 0.15) is 12.9 Å². The Morgan fingerprint density at radius 2 is 2.24 bits per heavy atom. The van der Waals surface area contributed by atoms with E-state index in [1.165, 1.54) is 0 Å². The minimum absolute atomic E-state index is 0.0733. The zero-order chi connectivity index (χ0) is 12.6. The lowest BCUT2D eigenvalue weighted by atomic mass is 10.4. The van der Waals surface area contributed by atoms with E-state index in [0.717, 1.165) is 15.9 Å². The Morgan fingerprint density at radius 1 is 1.53 bits per heavy atom. The number of imidazole rings is 1. The number of nitrogens with one attached hydrogen (secondary N) is 2. The molecule has 1 aromatic rings. The Balaban J connectivity index is 2.31. The quantitative estimate of drug-likeness (QED) is 0.487. The largest absolute Gasteiger partial charge is 0.480 e. The van der Waals surface area contributed by atoms with Crippen LogP contribution in [0.15, 0.2) is 6.33 Å². The van der Waals surface area contributed by atoms with Crippen LogP contribution in [-0.4, -0.2) is 44.1 Å². The van der Waals surface area contributed by atoms with Gasteiger partial charge in [-0.3, -0.25) is 15.0 Å². The van der Waals surface area contributed by atoms with E-state index in [4.69, 9.17) is 10.8 Å². The Bertz CT molecular complexity index is 508. The number of carbonyl (C=O) groups is 3. The summed E-state index contributed by atoms with van der Waals surface area (Å²) in [5.74, 6) is -1.91. The van der Waals surface area contributed by atoms with E-state index < -0.39 is 24.5 Å². The molecule has 2 heterocycles. The van der Waals surface area contributed by atoms with Gasteiger partial charge in [-0.25, -0.2) is 19.4 Å². The van der Waals surface area contributed by atoms with E-state index in [1.54, 1.807) is 0 Å². The van der Waals surface area contributed by atoms with Crippen LogP contribution < -0.4 is 16.7 Å². The van der Waals surface area contributed by atoms with Crippen molar-refractivity contribution in [1.82, 2.24) is 20.1 Å². The van der Waals surface area contributed by atoms with E-state index in [0.29, 0.717) is 0 Å². The number of primary amides is 1. The average molecular weight is 240 g/mol. The molecular formula is C7H8N6O4. The number of hydrazine groups is 2. The summed E-state index contributed by atoms with van der Waals surface area (Å²) in [6.45, 7) is -0.546. The first-order valence-electron chi connectivity index (χ1n) is 4.43. The van der Waals surface area contributed by atoms with Gasteiger partial charge in [-0.2, -0.15) is 0 Å². The molecule has 90 valence electrons. The van der Waals surface area contributed by atoms with Crippen LogP contribution in [0, 0.1) is 0 Å². The van der Waals surface area contributed by atoms with Gasteiger partial charge in [-0.15, -0.1) is 5.53 Å². The predicted molar refractivity (Wildman–Crippen MR) is 52.6 cm³/mol. The summed E-state index contributed by atoms with van der Waals surface area (Å²) in [7, 11) is 0. The van der Waals surface area contributed by atoms with Crippen LogP contribution in [0.2, 0.25) is 0 Å². The van der Waals surface area contributed by atoms with Crippen molar-refractivity contribution in [2.75, 3.05) is 12.0 Å². The molecule has 0 atom stereocenters. The van der Waals surface area contributed by atoms with Gasteiger partial charge in [0.25, 0.3) is 5.91 Å². The van der Waals surface area contributed by atoms with E-state index >= 15 is 0 Å². The van der Waals surface area contributed by atoms with Crippen LogP contribution in [0.3, 0.4) is 0 Å². The third-order valence-electron chi connectivity index (χ3n) is 2.04. The molecule has 0 radical (unpaired) electrons. The number of nitrogens with zero attached hydrogens (tertiary/aromatic N) is 3. The van der Waals surface area contributed by atoms with Crippen molar-refractivity contribution in [2.24, 2.45) is 5.73 Å². The minimum Gasteiger partial charge on any atom is -0.480 e. The zero-order valence-electron chi connectivity index (χ0n) is 8.38. The highest BCUT2D eigenvalue weighted by Crippen LogP contribution is 2.16. The van der Waals surface area contributed by atoms with Crippen molar-refractivity contribution >= 4 is 23.7 Å². The maximum atomic E-state index is 11.7. The topological polar surface area (TPSA) is 143 Å². The Morgan fingerprint density at radius 3 is 2.82 bits per heavy atom. The van der Waals surface area contributed by atoms with E-state index in [9.17, 15) is 14.4 Å². The van der Waals surface area contributed by atoms with Crippen LogP contribution in [-0.2, 0) is 4.79 Å². The van der Waals surface area contributed by atoms with Crippen molar-refractivity contribution in [3.63, 3.8) is 0 Å². The molecule has 0 bridgehead atoms. The van der Waals surface area contributed by atoms with E-state index in [1.807, 2.05) is 0 Å². The van der Waals surface area contributed by atoms with Gasteiger partial charge in [0, 0.05) is 0 Å². The van der Waals surface area contributed by atoms with Gasteiger partial charge in [0.15, 0.2) is 11.5 Å². The molecule has 1 aliphatic rings. The number of aliphatic carboxylic acids is 1. The maximum absolute atomic E-state index is 11.7. The Kier molecular flexibility index (Phi) is 2.40. The molecule has 0 aromatic carbocycles.